The molecule has 1 unspecified atom stereocenters. The lowest BCUT2D eigenvalue weighted by atomic mass is 10.1. The van der Waals surface area contributed by atoms with E-state index in [-0.39, 0.29) is 0 Å². The van der Waals surface area contributed by atoms with E-state index in [1.54, 1.807) is 33.4 Å². The monoisotopic (exact) mass is 277 g/mol. The van der Waals surface area contributed by atoms with Crippen LogP contribution >= 0.6 is 0 Å². The van der Waals surface area contributed by atoms with Crippen LogP contribution < -0.4 is 5.32 Å². The Morgan fingerprint density at radius 3 is 2.45 bits per heavy atom. The number of aliphatic carboxylic acids is 1. The van der Waals surface area contributed by atoms with Crippen molar-refractivity contribution in [3.8, 4) is 0 Å². The molecule has 1 amide bonds. The Labute approximate surface area is 115 Å². The molecule has 0 saturated heterocycles. The summed E-state index contributed by atoms with van der Waals surface area (Å²) in [4.78, 5) is 23.4. The molecule has 0 aliphatic heterocycles. The lowest BCUT2D eigenvalue weighted by Crippen LogP contribution is -2.33. The molecule has 0 aliphatic rings. The molecule has 2 aromatic rings. The van der Waals surface area contributed by atoms with Crippen molar-refractivity contribution in [2.75, 3.05) is 0 Å². The minimum Gasteiger partial charge on any atom is -0.479 e. The second kappa shape index (κ2) is 5.16. The summed E-state index contributed by atoms with van der Waals surface area (Å²) in [6.07, 6.45) is 4.51. The maximum Gasteiger partial charge on any atom is 0.331 e. The van der Waals surface area contributed by atoms with Gasteiger partial charge < -0.3 is 10.4 Å². The summed E-state index contributed by atoms with van der Waals surface area (Å²) in [6, 6.07) is -1.14. The van der Waals surface area contributed by atoms with Crippen LogP contribution in [0.2, 0.25) is 0 Å². The third-order valence-electron chi connectivity index (χ3n) is 2.84. The van der Waals surface area contributed by atoms with Gasteiger partial charge in [-0.2, -0.15) is 10.2 Å². The second-order valence-corrected chi connectivity index (χ2v) is 4.49. The molecule has 0 spiro atoms. The molecular formula is C12H15N5O3. The molecule has 0 aliphatic carbocycles. The van der Waals surface area contributed by atoms with Crippen LogP contribution in [0.1, 0.15) is 27.7 Å². The molecule has 0 bridgehead atoms. The fraction of sp³-hybridized carbons (Fsp3) is 0.333. The van der Waals surface area contributed by atoms with Crippen LogP contribution in [-0.2, 0) is 18.9 Å². The highest BCUT2D eigenvalue weighted by Crippen LogP contribution is 2.14. The standard InChI is InChI=1S/C12H15N5O3/c1-7-9(6-17(3)15-7)11(18)14-10(12(19)20)8-4-13-16(2)5-8/h4-6,10H,1-3H3,(H,14,18)(H,19,20). The first-order chi connectivity index (χ1) is 9.38. The first kappa shape index (κ1) is 13.8. The average Bonchev–Trinajstić information content (AvgIpc) is 2.91. The summed E-state index contributed by atoms with van der Waals surface area (Å²) < 4.78 is 2.98. The number of nitrogens with zero attached hydrogens (tertiary/aromatic N) is 4. The van der Waals surface area contributed by atoms with E-state index in [4.69, 9.17) is 0 Å². The van der Waals surface area contributed by atoms with Crippen molar-refractivity contribution >= 4 is 11.9 Å². The van der Waals surface area contributed by atoms with Crippen molar-refractivity contribution in [1.29, 1.82) is 0 Å². The number of amides is 1. The molecule has 2 rings (SSSR count). The molecule has 2 N–H and O–H groups in total. The molecule has 106 valence electrons. The number of carboxylic acid groups (broad SMARTS) is 1. The molecule has 0 saturated carbocycles. The van der Waals surface area contributed by atoms with E-state index in [0.29, 0.717) is 16.8 Å². The van der Waals surface area contributed by atoms with Crippen molar-refractivity contribution < 1.29 is 14.7 Å². The van der Waals surface area contributed by atoms with Gasteiger partial charge in [0, 0.05) is 32.1 Å². The maximum atomic E-state index is 12.1. The number of aryl methyl sites for hydroxylation is 3. The lowest BCUT2D eigenvalue weighted by molar-refractivity contribution is -0.139. The third-order valence-corrected chi connectivity index (χ3v) is 2.84. The number of rotatable bonds is 4. The van der Waals surface area contributed by atoms with Crippen molar-refractivity contribution in [3.63, 3.8) is 0 Å². The molecule has 2 heterocycles. The SMILES string of the molecule is Cc1nn(C)cc1C(=O)NC(C(=O)O)c1cnn(C)c1. The van der Waals surface area contributed by atoms with Gasteiger partial charge in [0.2, 0.25) is 0 Å². The number of hydrogen-bond acceptors (Lipinski definition) is 4. The first-order valence-electron chi connectivity index (χ1n) is 5.91. The fourth-order valence-electron chi connectivity index (χ4n) is 1.91. The van der Waals surface area contributed by atoms with Gasteiger partial charge in [0.25, 0.3) is 5.91 Å². The van der Waals surface area contributed by atoms with Gasteiger partial charge in [0.05, 0.1) is 17.5 Å². The summed E-state index contributed by atoms with van der Waals surface area (Å²) >= 11 is 0. The zero-order valence-corrected chi connectivity index (χ0v) is 11.4. The average molecular weight is 277 g/mol. The van der Waals surface area contributed by atoms with Crippen LogP contribution in [0, 0.1) is 6.92 Å². The maximum absolute atomic E-state index is 12.1. The summed E-state index contributed by atoms with van der Waals surface area (Å²) in [6.45, 7) is 1.69. The number of carboxylic acids is 1. The summed E-state index contributed by atoms with van der Waals surface area (Å²) in [7, 11) is 3.37. The quantitative estimate of drug-likeness (QED) is 0.820. The van der Waals surface area contributed by atoms with E-state index < -0.39 is 17.9 Å². The van der Waals surface area contributed by atoms with Crippen molar-refractivity contribution in [3.05, 3.63) is 35.4 Å². The summed E-state index contributed by atoms with van der Waals surface area (Å²) in [5.74, 6) is -1.63. The molecule has 0 fully saturated rings. The Hall–Kier alpha value is -2.64. The van der Waals surface area contributed by atoms with Crippen LogP contribution in [0.3, 0.4) is 0 Å². The van der Waals surface area contributed by atoms with E-state index in [9.17, 15) is 14.7 Å². The van der Waals surface area contributed by atoms with Crippen molar-refractivity contribution in [1.82, 2.24) is 24.9 Å². The lowest BCUT2D eigenvalue weighted by Gasteiger charge is -2.12. The van der Waals surface area contributed by atoms with E-state index >= 15 is 0 Å². The normalized spacial score (nSPS) is 12.2. The van der Waals surface area contributed by atoms with Crippen LogP contribution in [-0.4, -0.2) is 36.5 Å². The van der Waals surface area contributed by atoms with Gasteiger partial charge in [-0.15, -0.1) is 0 Å². The Morgan fingerprint density at radius 2 is 2.00 bits per heavy atom. The third kappa shape index (κ3) is 2.68. The molecule has 1 atom stereocenters. The van der Waals surface area contributed by atoms with E-state index in [0.717, 1.165) is 0 Å². The Morgan fingerprint density at radius 1 is 1.30 bits per heavy atom. The minimum atomic E-state index is -1.15. The Kier molecular flexibility index (Phi) is 3.55. The van der Waals surface area contributed by atoms with Gasteiger partial charge in [-0.1, -0.05) is 0 Å². The van der Waals surface area contributed by atoms with Gasteiger partial charge in [-0.3, -0.25) is 14.2 Å². The molecular weight excluding hydrogens is 262 g/mol. The Balaban J connectivity index is 2.23. The summed E-state index contributed by atoms with van der Waals surface area (Å²) in [5.41, 5.74) is 1.30. The summed E-state index contributed by atoms with van der Waals surface area (Å²) in [5, 5.41) is 19.7. The molecule has 8 heteroatoms. The Bertz CT molecular complexity index is 658. The number of carbonyl (C=O) groups is 2. The zero-order valence-electron chi connectivity index (χ0n) is 11.4. The van der Waals surface area contributed by atoms with E-state index in [2.05, 4.69) is 15.5 Å². The molecule has 0 aromatic carbocycles. The molecule has 2 aromatic heterocycles. The number of hydrogen-bond donors (Lipinski definition) is 2. The van der Waals surface area contributed by atoms with Gasteiger partial charge in [0.15, 0.2) is 6.04 Å². The van der Waals surface area contributed by atoms with E-state index in [1.807, 2.05) is 0 Å². The highest BCUT2D eigenvalue weighted by Gasteiger charge is 2.25. The highest BCUT2D eigenvalue weighted by molar-refractivity contribution is 5.97. The fourth-order valence-corrected chi connectivity index (χ4v) is 1.91. The van der Waals surface area contributed by atoms with Gasteiger partial charge in [0.1, 0.15) is 0 Å². The number of nitrogens with one attached hydrogen (secondary N) is 1. The molecule has 0 radical (unpaired) electrons. The van der Waals surface area contributed by atoms with E-state index in [1.165, 1.54) is 15.6 Å². The predicted molar refractivity (Wildman–Crippen MR) is 69.0 cm³/mol. The second-order valence-electron chi connectivity index (χ2n) is 4.49. The highest BCUT2D eigenvalue weighted by atomic mass is 16.4. The first-order valence-corrected chi connectivity index (χ1v) is 5.91. The topological polar surface area (TPSA) is 102 Å². The van der Waals surface area contributed by atoms with Gasteiger partial charge in [-0.25, -0.2) is 4.79 Å². The van der Waals surface area contributed by atoms with Gasteiger partial charge in [-0.05, 0) is 6.92 Å². The number of carbonyl (C=O) groups excluding carboxylic acids is 1. The van der Waals surface area contributed by atoms with Crippen LogP contribution in [0.4, 0.5) is 0 Å². The van der Waals surface area contributed by atoms with Crippen LogP contribution in [0.25, 0.3) is 0 Å². The molecule has 8 nitrogen and oxygen atoms in total. The minimum absolute atomic E-state index is 0.350. The van der Waals surface area contributed by atoms with Crippen molar-refractivity contribution in [2.45, 2.75) is 13.0 Å². The smallest absolute Gasteiger partial charge is 0.331 e. The van der Waals surface area contributed by atoms with Crippen LogP contribution in [0.5, 0.6) is 0 Å². The largest absolute Gasteiger partial charge is 0.479 e. The predicted octanol–water partition coefficient (Wildman–Crippen LogP) is 0.0177. The van der Waals surface area contributed by atoms with Crippen LogP contribution in [0.15, 0.2) is 18.6 Å². The number of aromatic nitrogens is 4. The zero-order chi connectivity index (χ0) is 14.9. The molecule has 20 heavy (non-hydrogen) atoms. The van der Waals surface area contributed by atoms with Gasteiger partial charge >= 0.3 is 5.97 Å². The van der Waals surface area contributed by atoms with Crippen molar-refractivity contribution in [2.24, 2.45) is 14.1 Å².